The molecule has 1 heteroatoms. The quantitative estimate of drug-likeness (QED) is 0.331. The molecule has 0 aromatic heterocycles. The molecule has 170 valence electrons. The van der Waals surface area contributed by atoms with Crippen LogP contribution in [0.25, 0.3) is 22.3 Å². The van der Waals surface area contributed by atoms with Gasteiger partial charge < -0.3 is 5.32 Å². The third kappa shape index (κ3) is 3.64. The molecule has 6 rings (SSSR count). The van der Waals surface area contributed by atoms with E-state index in [0.717, 1.165) is 17.3 Å². The highest BCUT2D eigenvalue weighted by Gasteiger charge is 2.37. The Balaban J connectivity index is 1.32. The van der Waals surface area contributed by atoms with Crippen molar-refractivity contribution < 1.29 is 0 Å². The molecule has 1 saturated carbocycles. The first-order valence-corrected chi connectivity index (χ1v) is 12.8. The van der Waals surface area contributed by atoms with Gasteiger partial charge >= 0.3 is 0 Å². The summed E-state index contributed by atoms with van der Waals surface area (Å²) in [6.45, 7) is 4.71. The van der Waals surface area contributed by atoms with E-state index in [1.165, 1.54) is 71.0 Å². The minimum Gasteiger partial charge on any atom is -0.356 e. The maximum atomic E-state index is 3.67. The van der Waals surface area contributed by atoms with Crippen molar-refractivity contribution in [2.24, 2.45) is 0 Å². The van der Waals surface area contributed by atoms with Crippen molar-refractivity contribution in [3.8, 4) is 22.3 Å². The van der Waals surface area contributed by atoms with E-state index in [0.29, 0.717) is 0 Å². The van der Waals surface area contributed by atoms with E-state index in [1.54, 1.807) is 0 Å². The Kier molecular flexibility index (Phi) is 5.29. The van der Waals surface area contributed by atoms with Gasteiger partial charge in [0.25, 0.3) is 0 Å². The van der Waals surface area contributed by atoms with Crippen LogP contribution in [0.2, 0.25) is 0 Å². The average molecular weight is 444 g/mol. The van der Waals surface area contributed by atoms with Gasteiger partial charge in [0, 0.05) is 16.8 Å². The van der Waals surface area contributed by atoms with Crippen molar-refractivity contribution >= 4 is 11.4 Å². The number of benzene rings is 4. The lowest BCUT2D eigenvalue weighted by Crippen LogP contribution is -2.15. The highest BCUT2D eigenvalue weighted by atomic mass is 14.9. The van der Waals surface area contributed by atoms with E-state index in [-0.39, 0.29) is 5.41 Å². The van der Waals surface area contributed by atoms with E-state index in [4.69, 9.17) is 0 Å². The standard InChI is InChI=1S/C33H33N/c1-33(2)30-15-9-14-28(25-12-7-4-8-13-25)32(30)29-21-20-27(22-31(29)33)34-26-18-16-24(17-19-26)23-10-5-3-6-11-23/h4,7-9,12-23,34H,3,5-6,10-11H2,1-2H3. The number of anilines is 2. The minimum absolute atomic E-state index is 0.0298. The summed E-state index contributed by atoms with van der Waals surface area (Å²) >= 11 is 0. The van der Waals surface area contributed by atoms with Crippen LogP contribution in [0.1, 0.15) is 68.6 Å². The summed E-state index contributed by atoms with van der Waals surface area (Å²) in [4.78, 5) is 0. The van der Waals surface area contributed by atoms with Gasteiger partial charge in [-0.25, -0.2) is 0 Å². The number of nitrogens with one attached hydrogen (secondary N) is 1. The van der Waals surface area contributed by atoms with Crippen LogP contribution in [0.4, 0.5) is 11.4 Å². The van der Waals surface area contributed by atoms with Gasteiger partial charge in [-0.2, -0.15) is 0 Å². The predicted octanol–water partition coefficient (Wildman–Crippen LogP) is 9.45. The largest absolute Gasteiger partial charge is 0.356 e. The Hall–Kier alpha value is -3.32. The average Bonchev–Trinajstić information content (AvgIpc) is 3.12. The molecule has 0 bridgehead atoms. The lowest BCUT2D eigenvalue weighted by molar-refractivity contribution is 0.443. The molecule has 1 fully saturated rings. The predicted molar refractivity (Wildman–Crippen MR) is 145 cm³/mol. The number of hydrogen-bond acceptors (Lipinski definition) is 1. The minimum atomic E-state index is -0.0298. The van der Waals surface area contributed by atoms with Crippen LogP contribution in [0.3, 0.4) is 0 Å². The zero-order valence-electron chi connectivity index (χ0n) is 20.3. The van der Waals surface area contributed by atoms with Crippen LogP contribution in [0.15, 0.2) is 91.0 Å². The van der Waals surface area contributed by atoms with Crippen LogP contribution in [0, 0.1) is 0 Å². The van der Waals surface area contributed by atoms with Crippen LogP contribution in [0.5, 0.6) is 0 Å². The third-order valence-corrected chi connectivity index (χ3v) is 8.06. The van der Waals surface area contributed by atoms with E-state index in [9.17, 15) is 0 Å². The van der Waals surface area contributed by atoms with Crippen LogP contribution in [-0.2, 0) is 5.41 Å². The molecular formula is C33H33N. The van der Waals surface area contributed by atoms with Gasteiger partial charge in [-0.3, -0.25) is 0 Å². The number of fused-ring (bicyclic) bond motifs is 3. The van der Waals surface area contributed by atoms with Crippen molar-refractivity contribution in [3.05, 3.63) is 108 Å². The summed E-state index contributed by atoms with van der Waals surface area (Å²) in [6.07, 6.45) is 6.85. The Morgan fingerprint density at radius 2 is 1.38 bits per heavy atom. The molecule has 0 unspecified atom stereocenters. The second kappa shape index (κ2) is 8.47. The van der Waals surface area contributed by atoms with E-state index >= 15 is 0 Å². The van der Waals surface area contributed by atoms with Crippen LogP contribution in [-0.4, -0.2) is 0 Å². The van der Waals surface area contributed by atoms with Crippen molar-refractivity contribution in [3.63, 3.8) is 0 Å². The fraction of sp³-hybridized carbons (Fsp3) is 0.273. The molecule has 1 nitrogen and oxygen atoms in total. The van der Waals surface area contributed by atoms with Crippen LogP contribution >= 0.6 is 0 Å². The normalized spacial score (nSPS) is 16.6. The summed E-state index contributed by atoms with van der Waals surface area (Å²) in [5.74, 6) is 0.751. The van der Waals surface area contributed by atoms with Crippen molar-refractivity contribution in [2.75, 3.05) is 5.32 Å². The van der Waals surface area contributed by atoms with Crippen molar-refractivity contribution in [1.82, 2.24) is 0 Å². The van der Waals surface area contributed by atoms with Gasteiger partial charge in [0.2, 0.25) is 0 Å². The Morgan fingerprint density at radius 3 is 2.15 bits per heavy atom. The SMILES string of the molecule is CC1(C)c2cc(Nc3ccc(C4CCCCC4)cc3)ccc2-c2c(-c3ccccc3)cccc21. The van der Waals surface area contributed by atoms with Gasteiger partial charge in [0.1, 0.15) is 0 Å². The van der Waals surface area contributed by atoms with Crippen molar-refractivity contribution in [2.45, 2.75) is 57.3 Å². The maximum absolute atomic E-state index is 3.67. The molecule has 4 aromatic rings. The second-order valence-electron chi connectivity index (χ2n) is 10.6. The van der Waals surface area contributed by atoms with Gasteiger partial charge in [0.15, 0.2) is 0 Å². The maximum Gasteiger partial charge on any atom is 0.0387 e. The molecule has 0 radical (unpaired) electrons. The summed E-state index contributed by atoms with van der Waals surface area (Å²) < 4.78 is 0. The highest BCUT2D eigenvalue weighted by Crippen LogP contribution is 2.52. The Bertz CT molecular complexity index is 1310. The molecule has 0 atom stereocenters. The number of hydrogen-bond donors (Lipinski definition) is 1. The summed E-state index contributed by atoms with van der Waals surface area (Å²) in [6, 6.07) is 33.6. The molecule has 0 saturated heterocycles. The summed E-state index contributed by atoms with van der Waals surface area (Å²) in [5, 5.41) is 3.67. The second-order valence-corrected chi connectivity index (χ2v) is 10.6. The van der Waals surface area contributed by atoms with Gasteiger partial charge in [-0.1, -0.05) is 99.8 Å². The topological polar surface area (TPSA) is 12.0 Å². The van der Waals surface area contributed by atoms with Gasteiger partial charge in [0.05, 0.1) is 0 Å². The molecular weight excluding hydrogens is 410 g/mol. The van der Waals surface area contributed by atoms with E-state index in [1.807, 2.05) is 0 Å². The monoisotopic (exact) mass is 443 g/mol. The fourth-order valence-corrected chi connectivity index (χ4v) is 6.16. The first-order chi connectivity index (χ1) is 16.6. The fourth-order valence-electron chi connectivity index (χ4n) is 6.16. The molecule has 4 aromatic carbocycles. The molecule has 0 spiro atoms. The molecule has 2 aliphatic rings. The van der Waals surface area contributed by atoms with Crippen LogP contribution < -0.4 is 5.32 Å². The van der Waals surface area contributed by atoms with Gasteiger partial charge in [-0.15, -0.1) is 0 Å². The molecule has 34 heavy (non-hydrogen) atoms. The lowest BCUT2D eigenvalue weighted by atomic mass is 9.82. The Labute approximate surface area is 203 Å². The Morgan fingerprint density at radius 1 is 0.647 bits per heavy atom. The first-order valence-electron chi connectivity index (χ1n) is 12.8. The molecule has 2 aliphatic carbocycles. The van der Waals surface area contributed by atoms with E-state index < -0.39 is 0 Å². The molecule has 0 amide bonds. The summed E-state index contributed by atoms with van der Waals surface area (Å²) in [7, 11) is 0. The third-order valence-electron chi connectivity index (χ3n) is 8.06. The smallest absolute Gasteiger partial charge is 0.0387 e. The molecule has 0 aliphatic heterocycles. The molecule has 0 heterocycles. The number of rotatable bonds is 4. The van der Waals surface area contributed by atoms with Crippen molar-refractivity contribution in [1.29, 1.82) is 0 Å². The van der Waals surface area contributed by atoms with Gasteiger partial charge in [-0.05, 0) is 82.0 Å². The zero-order chi connectivity index (χ0) is 23.1. The zero-order valence-corrected chi connectivity index (χ0v) is 20.3. The van der Waals surface area contributed by atoms with E-state index in [2.05, 4.69) is 110 Å². The molecule has 1 N–H and O–H groups in total. The summed E-state index contributed by atoms with van der Waals surface area (Å²) in [5.41, 5.74) is 12.0. The lowest BCUT2D eigenvalue weighted by Gasteiger charge is -2.23. The highest BCUT2D eigenvalue weighted by molar-refractivity contribution is 5.93. The first kappa shape index (κ1) is 21.2.